The summed E-state index contributed by atoms with van der Waals surface area (Å²) in [7, 11) is 0. The molecule has 3 unspecified atom stereocenters. The molecule has 0 aliphatic heterocycles. The molecule has 4 nitrogen and oxygen atoms in total. The molecule has 2 aromatic carbocycles. The first kappa shape index (κ1) is 22.3. The molecule has 142 valence electrons. The van der Waals surface area contributed by atoms with Gasteiger partial charge in [0.1, 0.15) is 0 Å². The molecule has 0 bridgehead atoms. The van der Waals surface area contributed by atoms with Crippen molar-refractivity contribution in [3.63, 3.8) is 0 Å². The number of nitrogens with zero attached hydrogens (tertiary/aromatic N) is 1. The first-order valence-electron chi connectivity index (χ1n) is 8.69. The van der Waals surface area contributed by atoms with E-state index in [2.05, 4.69) is 0 Å². The number of aliphatic hydroxyl groups excluding tert-OH is 2. The van der Waals surface area contributed by atoms with Gasteiger partial charge in [0.15, 0.2) is 5.78 Å². The van der Waals surface area contributed by atoms with Gasteiger partial charge in [-0.05, 0) is 25.0 Å². The summed E-state index contributed by atoms with van der Waals surface area (Å²) in [5.74, 6) is 0.0544. The summed E-state index contributed by atoms with van der Waals surface area (Å²) in [5.41, 5.74) is 1.84. The van der Waals surface area contributed by atoms with Crippen LogP contribution in [0.1, 0.15) is 31.0 Å². The second-order valence-electron chi connectivity index (χ2n) is 6.59. The Bertz CT molecular complexity index is 637. The molecular weight excluding hydrogens is 350 g/mol. The zero-order valence-corrected chi connectivity index (χ0v) is 16.1. The van der Waals surface area contributed by atoms with Crippen molar-refractivity contribution in [2.75, 3.05) is 13.1 Å². The van der Waals surface area contributed by atoms with Crippen LogP contribution in [-0.4, -0.2) is 46.2 Å². The smallest absolute Gasteiger partial charge is 0.158 e. The van der Waals surface area contributed by atoms with Crippen molar-refractivity contribution in [3.8, 4) is 0 Å². The predicted molar refractivity (Wildman–Crippen MR) is 107 cm³/mol. The van der Waals surface area contributed by atoms with Crippen LogP contribution in [0.3, 0.4) is 0 Å². The molecule has 5 heteroatoms. The number of benzene rings is 2. The Labute approximate surface area is 161 Å². The van der Waals surface area contributed by atoms with Crippen LogP contribution in [0, 0.1) is 0 Å². The van der Waals surface area contributed by atoms with E-state index in [0.717, 1.165) is 11.1 Å². The lowest BCUT2D eigenvalue weighted by Crippen LogP contribution is -2.42. The standard InChI is InChI=1S/C21H27NO3.ClH/c1-16(23)14-22(15-17(2)24)21(19-11-7-4-8-12-19)20(25)13-18-9-5-3-6-10-18;/h3-12,16-17,21,23-24H,13-15H2,1-2H3;1H. The maximum Gasteiger partial charge on any atom is 0.158 e. The molecule has 2 aromatic rings. The van der Waals surface area contributed by atoms with Crippen LogP contribution in [0.25, 0.3) is 0 Å². The van der Waals surface area contributed by atoms with Gasteiger partial charge in [-0.2, -0.15) is 0 Å². The van der Waals surface area contributed by atoms with Crippen LogP contribution in [0.2, 0.25) is 0 Å². The number of rotatable bonds is 9. The van der Waals surface area contributed by atoms with Gasteiger partial charge < -0.3 is 10.2 Å². The van der Waals surface area contributed by atoms with Crippen LogP contribution < -0.4 is 0 Å². The minimum atomic E-state index is -0.588. The highest BCUT2D eigenvalue weighted by atomic mass is 35.5. The minimum absolute atomic E-state index is 0. The number of hydrogen-bond acceptors (Lipinski definition) is 4. The molecule has 2 N–H and O–H groups in total. The third-order valence-corrected chi connectivity index (χ3v) is 4.00. The minimum Gasteiger partial charge on any atom is -0.392 e. The molecule has 0 spiro atoms. The van der Waals surface area contributed by atoms with Crippen LogP contribution in [-0.2, 0) is 11.2 Å². The van der Waals surface area contributed by atoms with Gasteiger partial charge in [-0.3, -0.25) is 9.69 Å². The number of halogens is 1. The molecule has 26 heavy (non-hydrogen) atoms. The average Bonchev–Trinajstić information content (AvgIpc) is 2.55. The highest BCUT2D eigenvalue weighted by molar-refractivity contribution is 5.87. The Kier molecular flexibility index (Phi) is 9.52. The summed E-state index contributed by atoms with van der Waals surface area (Å²) >= 11 is 0. The zero-order valence-electron chi connectivity index (χ0n) is 15.3. The van der Waals surface area contributed by atoms with Gasteiger partial charge in [0.2, 0.25) is 0 Å². The Morgan fingerprint density at radius 3 is 1.81 bits per heavy atom. The number of carbonyl (C=O) groups is 1. The second kappa shape index (κ2) is 11.1. The van der Waals surface area contributed by atoms with E-state index >= 15 is 0 Å². The van der Waals surface area contributed by atoms with Gasteiger partial charge in [0.25, 0.3) is 0 Å². The van der Waals surface area contributed by atoms with Crippen LogP contribution in [0.4, 0.5) is 0 Å². The number of aliphatic hydroxyl groups is 2. The molecule has 3 atom stereocenters. The lowest BCUT2D eigenvalue weighted by Gasteiger charge is -2.33. The first-order chi connectivity index (χ1) is 12.0. The van der Waals surface area contributed by atoms with Gasteiger partial charge in [-0.1, -0.05) is 60.7 Å². The zero-order chi connectivity index (χ0) is 18.2. The highest BCUT2D eigenvalue weighted by Crippen LogP contribution is 2.24. The van der Waals surface area contributed by atoms with E-state index in [1.165, 1.54) is 0 Å². The molecule has 0 aromatic heterocycles. The molecule has 2 rings (SSSR count). The van der Waals surface area contributed by atoms with Crippen molar-refractivity contribution in [1.82, 2.24) is 4.90 Å². The van der Waals surface area contributed by atoms with Crippen molar-refractivity contribution in [2.24, 2.45) is 0 Å². The van der Waals surface area contributed by atoms with Crippen LogP contribution >= 0.6 is 12.4 Å². The maximum absolute atomic E-state index is 13.1. The largest absolute Gasteiger partial charge is 0.392 e. The van der Waals surface area contributed by atoms with Gasteiger partial charge >= 0.3 is 0 Å². The van der Waals surface area contributed by atoms with Crippen LogP contribution in [0.5, 0.6) is 0 Å². The normalized spacial score (nSPS) is 14.3. The average molecular weight is 378 g/mol. The van der Waals surface area contributed by atoms with E-state index in [1.54, 1.807) is 13.8 Å². The van der Waals surface area contributed by atoms with Crippen molar-refractivity contribution >= 4 is 18.2 Å². The summed E-state index contributed by atoms with van der Waals surface area (Å²) in [6, 6.07) is 18.7. The van der Waals surface area contributed by atoms with E-state index in [-0.39, 0.29) is 18.2 Å². The summed E-state index contributed by atoms with van der Waals surface area (Å²) in [6.45, 7) is 4.04. The summed E-state index contributed by atoms with van der Waals surface area (Å²) < 4.78 is 0. The van der Waals surface area contributed by atoms with E-state index in [4.69, 9.17) is 0 Å². The Hall–Kier alpha value is -1.72. The molecule has 0 heterocycles. The number of hydrogen-bond donors (Lipinski definition) is 2. The summed E-state index contributed by atoms with van der Waals surface area (Å²) in [6.07, 6.45) is -0.861. The van der Waals surface area contributed by atoms with Gasteiger partial charge in [0, 0.05) is 19.5 Å². The quantitative estimate of drug-likeness (QED) is 0.705. The van der Waals surface area contributed by atoms with Crippen LogP contribution in [0.15, 0.2) is 60.7 Å². The van der Waals surface area contributed by atoms with E-state index in [9.17, 15) is 15.0 Å². The van der Waals surface area contributed by atoms with E-state index < -0.39 is 18.2 Å². The lowest BCUT2D eigenvalue weighted by atomic mass is 9.95. The first-order valence-corrected chi connectivity index (χ1v) is 8.69. The van der Waals surface area contributed by atoms with Crippen molar-refractivity contribution in [1.29, 1.82) is 0 Å². The Morgan fingerprint density at radius 1 is 0.885 bits per heavy atom. The molecule has 0 amide bonds. The summed E-state index contributed by atoms with van der Waals surface area (Å²) in [5, 5.41) is 19.7. The lowest BCUT2D eigenvalue weighted by molar-refractivity contribution is -0.125. The van der Waals surface area contributed by atoms with Gasteiger partial charge in [-0.25, -0.2) is 0 Å². The Morgan fingerprint density at radius 2 is 1.35 bits per heavy atom. The van der Waals surface area contributed by atoms with Crippen molar-refractivity contribution in [3.05, 3.63) is 71.8 Å². The van der Waals surface area contributed by atoms with Gasteiger partial charge in [0.05, 0.1) is 18.2 Å². The SMILES string of the molecule is CC(O)CN(CC(C)O)C(C(=O)Cc1ccccc1)c1ccccc1.Cl. The Balaban J connectivity index is 0.00000338. The molecule has 0 saturated carbocycles. The van der Waals surface area contributed by atoms with Crippen molar-refractivity contribution < 1.29 is 15.0 Å². The third-order valence-electron chi connectivity index (χ3n) is 4.00. The van der Waals surface area contributed by atoms with Crippen molar-refractivity contribution in [2.45, 2.75) is 38.5 Å². The molecular formula is C21H28ClNO3. The summed E-state index contributed by atoms with van der Waals surface area (Å²) in [4.78, 5) is 15.0. The molecule has 0 radical (unpaired) electrons. The molecule has 0 fully saturated rings. The topological polar surface area (TPSA) is 60.8 Å². The number of ketones is 1. The number of carbonyl (C=O) groups excluding carboxylic acids is 1. The predicted octanol–water partition coefficient (Wildman–Crippen LogP) is 3.02. The second-order valence-corrected chi connectivity index (χ2v) is 6.59. The fourth-order valence-electron chi connectivity index (χ4n) is 3.09. The van der Waals surface area contributed by atoms with E-state index in [1.807, 2.05) is 65.6 Å². The van der Waals surface area contributed by atoms with E-state index in [0.29, 0.717) is 19.5 Å². The third kappa shape index (κ3) is 6.89. The molecule has 0 aliphatic carbocycles. The highest BCUT2D eigenvalue weighted by Gasteiger charge is 2.29. The monoisotopic (exact) mass is 377 g/mol. The fourth-order valence-corrected chi connectivity index (χ4v) is 3.09. The maximum atomic E-state index is 13.1. The fraction of sp³-hybridized carbons (Fsp3) is 0.381. The van der Waals surface area contributed by atoms with Gasteiger partial charge in [-0.15, -0.1) is 12.4 Å². The molecule has 0 saturated heterocycles. The number of Topliss-reactive ketones (excluding diaryl/α,β-unsaturated/α-hetero) is 1. The molecule has 0 aliphatic rings.